The number of unbranched alkanes of at least 4 members (excludes halogenated alkanes) is 1. The largest absolute Gasteiger partial charge is 0.314 e. The lowest BCUT2D eigenvalue weighted by atomic mass is 10.1. The quantitative estimate of drug-likeness (QED) is 0.527. The summed E-state index contributed by atoms with van der Waals surface area (Å²) in [4.78, 5) is 4.27. The Hall–Kier alpha value is -0.550. The Bertz CT molecular complexity index is 300. The van der Waals surface area contributed by atoms with Gasteiger partial charge in [0, 0.05) is 11.8 Å². The second kappa shape index (κ2) is 8.53. The Morgan fingerprint density at radius 3 is 2.88 bits per heavy atom. The van der Waals surface area contributed by atoms with E-state index < -0.39 is 0 Å². The highest BCUT2D eigenvalue weighted by Crippen LogP contribution is 2.15. The van der Waals surface area contributed by atoms with Gasteiger partial charge in [-0.1, -0.05) is 25.1 Å². The molecule has 0 radical (unpaired) electrons. The summed E-state index contributed by atoms with van der Waals surface area (Å²) >= 11 is 1.74. The van der Waals surface area contributed by atoms with Crippen LogP contribution < -0.4 is 5.32 Å². The fraction of sp³-hybridized carbons (Fsp3) is 0.833. The van der Waals surface area contributed by atoms with Crippen LogP contribution in [0.3, 0.4) is 0 Å². The average molecular weight is 256 g/mol. The van der Waals surface area contributed by atoms with Crippen molar-refractivity contribution in [3.63, 3.8) is 0 Å². The maximum atomic E-state index is 4.27. The monoisotopic (exact) mass is 256 g/mol. The van der Waals surface area contributed by atoms with Crippen molar-refractivity contribution in [2.24, 2.45) is 0 Å². The van der Waals surface area contributed by atoms with Crippen molar-refractivity contribution in [1.82, 2.24) is 20.5 Å². The second-order valence-corrected chi connectivity index (χ2v) is 5.46. The van der Waals surface area contributed by atoms with Crippen LogP contribution in [0.15, 0.2) is 5.16 Å². The molecule has 0 saturated carbocycles. The minimum Gasteiger partial charge on any atom is -0.314 e. The Kier molecular flexibility index (Phi) is 7.28. The number of H-pyrrole nitrogens is 1. The van der Waals surface area contributed by atoms with Gasteiger partial charge >= 0.3 is 0 Å². The van der Waals surface area contributed by atoms with Crippen LogP contribution in [0.5, 0.6) is 0 Å². The van der Waals surface area contributed by atoms with Gasteiger partial charge in [-0.25, -0.2) is 4.98 Å². The van der Waals surface area contributed by atoms with Crippen LogP contribution >= 0.6 is 11.8 Å². The molecule has 1 atom stereocenters. The lowest BCUT2D eigenvalue weighted by Crippen LogP contribution is -2.26. The number of hydrogen-bond acceptors (Lipinski definition) is 4. The van der Waals surface area contributed by atoms with E-state index in [0.717, 1.165) is 23.3 Å². The normalized spacial score (nSPS) is 12.9. The van der Waals surface area contributed by atoms with Crippen LogP contribution in [0.25, 0.3) is 0 Å². The van der Waals surface area contributed by atoms with E-state index >= 15 is 0 Å². The van der Waals surface area contributed by atoms with Gasteiger partial charge in [-0.3, -0.25) is 5.10 Å². The van der Waals surface area contributed by atoms with Crippen molar-refractivity contribution >= 4 is 11.8 Å². The summed E-state index contributed by atoms with van der Waals surface area (Å²) in [7, 11) is 0. The molecule has 0 aliphatic rings. The summed E-state index contributed by atoms with van der Waals surface area (Å²) < 4.78 is 0. The highest BCUT2D eigenvalue weighted by atomic mass is 32.2. The van der Waals surface area contributed by atoms with Crippen molar-refractivity contribution in [3.8, 4) is 0 Å². The summed E-state index contributed by atoms with van der Waals surface area (Å²) in [5, 5.41) is 11.3. The Morgan fingerprint density at radius 1 is 1.41 bits per heavy atom. The molecule has 5 heteroatoms. The molecule has 2 N–H and O–H groups in total. The fourth-order valence-corrected chi connectivity index (χ4v) is 2.44. The van der Waals surface area contributed by atoms with Crippen LogP contribution in [-0.2, 0) is 0 Å². The minimum absolute atomic E-state index is 0.644. The number of rotatable bonds is 9. The van der Waals surface area contributed by atoms with Crippen molar-refractivity contribution < 1.29 is 0 Å². The molecule has 17 heavy (non-hydrogen) atoms. The zero-order valence-corrected chi connectivity index (χ0v) is 11.9. The molecule has 0 bridgehead atoms. The number of hydrogen-bond donors (Lipinski definition) is 2. The molecular formula is C12H24N4S. The van der Waals surface area contributed by atoms with E-state index in [9.17, 15) is 0 Å². The molecule has 1 rings (SSSR count). The van der Waals surface area contributed by atoms with Crippen LogP contribution in [0.2, 0.25) is 0 Å². The maximum Gasteiger partial charge on any atom is 0.208 e. The van der Waals surface area contributed by atoms with Crippen LogP contribution in [0, 0.1) is 6.92 Å². The van der Waals surface area contributed by atoms with Gasteiger partial charge in [0.25, 0.3) is 0 Å². The lowest BCUT2D eigenvalue weighted by Gasteiger charge is -2.12. The smallest absolute Gasteiger partial charge is 0.208 e. The highest BCUT2D eigenvalue weighted by molar-refractivity contribution is 7.99. The van der Waals surface area contributed by atoms with E-state index in [1.54, 1.807) is 11.8 Å². The first kappa shape index (κ1) is 14.5. The van der Waals surface area contributed by atoms with E-state index in [1.807, 2.05) is 6.92 Å². The Labute approximate surface area is 108 Å². The van der Waals surface area contributed by atoms with E-state index in [0.29, 0.717) is 6.04 Å². The predicted molar refractivity (Wildman–Crippen MR) is 73.5 cm³/mol. The molecular weight excluding hydrogens is 232 g/mol. The van der Waals surface area contributed by atoms with Crippen LogP contribution in [0.1, 0.15) is 45.4 Å². The number of thioether (sulfide) groups is 1. The molecule has 1 aromatic heterocycles. The molecule has 0 aromatic carbocycles. The average Bonchev–Trinajstić information content (AvgIpc) is 2.72. The molecule has 1 aromatic rings. The van der Waals surface area contributed by atoms with Gasteiger partial charge < -0.3 is 5.32 Å². The lowest BCUT2D eigenvalue weighted by molar-refractivity contribution is 0.496. The third-order valence-corrected chi connectivity index (χ3v) is 3.52. The van der Waals surface area contributed by atoms with Gasteiger partial charge in [0.05, 0.1) is 0 Å². The number of aryl methyl sites for hydroxylation is 1. The summed E-state index contributed by atoms with van der Waals surface area (Å²) in [6.07, 6.45) is 4.97. The van der Waals surface area contributed by atoms with Gasteiger partial charge in [-0.2, -0.15) is 0 Å². The molecule has 1 heterocycles. The molecule has 0 aliphatic carbocycles. The molecule has 98 valence electrons. The third-order valence-electron chi connectivity index (χ3n) is 2.58. The Morgan fingerprint density at radius 2 is 2.24 bits per heavy atom. The topological polar surface area (TPSA) is 53.6 Å². The predicted octanol–water partition coefficient (Wildman–Crippen LogP) is 2.76. The van der Waals surface area contributed by atoms with Crippen molar-refractivity contribution in [2.75, 3.05) is 12.3 Å². The first-order chi connectivity index (χ1) is 8.22. The van der Waals surface area contributed by atoms with Crippen molar-refractivity contribution in [1.29, 1.82) is 0 Å². The molecule has 0 spiro atoms. The third kappa shape index (κ3) is 6.68. The molecule has 0 aliphatic heterocycles. The molecule has 0 saturated heterocycles. The number of aromatic amines is 1. The summed E-state index contributed by atoms with van der Waals surface area (Å²) in [6, 6.07) is 0.644. The van der Waals surface area contributed by atoms with Crippen LogP contribution in [-0.4, -0.2) is 33.5 Å². The number of aromatic nitrogens is 3. The Balaban J connectivity index is 1.97. The first-order valence-electron chi connectivity index (χ1n) is 6.47. The van der Waals surface area contributed by atoms with Gasteiger partial charge in [-0.05, 0) is 39.7 Å². The van der Waals surface area contributed by atoms with E-state index in [-0.39, 0.29) is 0 Å². The van der Waals surface area contributed by atoms with E-state index in [2.05, 4.69) is 34.3 Å². The summed E-state index contributed by atoms with van der Waals surface area (Å²) in [5.41, 5.74) is 0. The summed E-state index contributed by atoms with van der Waals surface area (Å²) in [6.45, 7) is 7.53. The zero-order valence-electron chi connectivity index (χ0n) is 11.1. The minimum atomic E-state index is 0.644. The van der Waals surface area contributed by atoms with Crippen molar-refractivity contribution in [2.45, 2.75) is 57.7 Å². The standard InChI is InChI=1S/C12H24N4S/c1-4-8-13-10(2)7-5-6-9-17-12-14-11(3)15-16-12/h10,13H,4-9H2,1-3H3,(H,14,15,16). The van der Waals surface area contributed by atoms with Crippen LogP contribution in [0.4, 0.5) is 0 Å². The second-order valence-electron chi connectivity index (χ2n) is 4.40. The highest BCUT2D eigenvalue weighted by Gasteiger charge is 2.02. The number of nitrogens with zero attached hydrogens (tertiary/aromatic N) is 2. The molecule has 4 nitrogen and oxygen atoms in total. The van der Waals surface area contributed by atoms with Gasteiger partial charge in [0.2, 0.25) is 5.16 Å². The van der Waals surface area contributed by atoms with Gasteiger partial charge in [0.1, 0.15) is 5.82 Å². The molecule has 0 fully saturated rings. The van der Waals surface area contributed by atoms with Crippen molar-refractivity contribution in [3.05, 3.63) is 5.82 Å². The van der Waals surface area contributed by atoms with Gasteiger partial charge in [0.15, 0.2) is 0 Å². The maximum absolute atomic E-state index is 4.27. The van der Waals surface area contributed by atoms with Gasteiger partial charge in [-0.15, -0.1) is 5.10 Å². The zero-order chi connectivity index (χ0) is 12.5. The summed E-state index contributed by atoms with van der Waals surface area (Å²) in [5.74, 6) is 2.00. The SMILES string of the molecule is CCCNC(C)CCCCSc1n[nH]c(C)n1. The molecule has 1 unspecified atom stereocenters. The molecule has 0 amide bonds. The van der Waals surface area contributed by atoms with E-state index in [4.69, 9.17) is 0 Å². The number of nitrogens with one attached hydrogen (secondary N) is 2. The first-order valence-corrected chi connectivity index (χ1v) is 7.46. The van der Waals surface area contributed by atoms with E-state index in [1.165, 1.54) is 25.7 Å². The fourth-order valence-electron chi connectivity index (χ4n) is 1.60.